The number of Topliss-reactive ketones (excluding diaryl/α,β-unsaturated/α-hetero) is 1. The number of ketones is 1. The molecular weight excluding hydrogens is 412 g/mol. The maximum Gasteiger partial charge on any atom is 0.410 e. The van der Waals surface area contributed by atoms with Gasteiger partial charge in [-0.05, 0) is 60.8 Å². The number of carbonyl (C=O) groups is 2. The van der Waals surface area contributed by atoms with Crippen LogP contribution in [-0.4, -0.2) is 35.5 Å². The first-order valence-corrected chi connectivity index (χ1v) is 12.2. The van der Waals surface area contributed by atoms with Crippen molar-refractivity contribution < 1.29 is 14.3 Å². The van der Waals surface area contributed by atoms with Gasteiger partial charge in [-0.15, -0.1) is 0 Å². The molecule has 0 aromatic heterocycles. The number of nitriles is 1. The number of fused-ring (bicyclic) bond motifs is 5. The molecule has 2 unspecified atom stereocenters. The van der Waals surface area contributed by atoms with Crippen molar-refractivity contribution in [2.45, 2.75) is 69.4 Å². The van der Waals surface area contributed by atoms with E-state index < -0.39 is 0 Å². The molecule has 0 N–H and O–H groups in total. The molecule has 2 aliphatic heterocycles. The minimum absolute atomic E-state index is 0.0437. The molecule has 3 aliphatic rings. The number of nitrogens with zero attached hydrogens (tertiary/aromatic N) is 2. The van der Waals surface area contributed by atoms with E-state index in [9.17, 15) is 9.59 Å². The van der Waals surface area contributed by atoms with Crippen molar-refractivity contribution >= 4 is 11.9 Å². The van der Waals surface area contributed by atoms with Crippen LogP contribution in [0.5, 0.6) is 0 Å². The van der Waals surface area contributed by atoms with Crippen LogP contribution in [0.2, 0.25) is 0 Å². The lowest BCUT2D eigenvalue weighted by Gasteiger charge is -2.37. The molecule has 1 amide bonds. The van der Waals surface area contributed by atoms with Crippen LogP contribution in [0.1, 0.15) is 68.4 Å². The molecule has 5 rings (SSSR count). The molecule has 2 saturated heterocycles. The molecule has 2 fully saturated rings. The molecule has 2 atom stereocenters. The van der Waals surface area contributed by atoms with Crippen molar-refractivity contribution in [3.63, 3.8) is 0 Å². The monoisotopic (exact) mass is 442 g/mol. The summed E-state index contributed by atoms with van der Waals surface area (Å²) in [6.07, 6.45) is 5.80. The van der Waals surface area contributed by atoms with Crippen LogP contribution >= 0.6 is 0 Å². The van der Waals surface area contributed by atoms with Crippen LogP contribution in [-0.2, 0) is 9.53 Å². The molecule has 2 aromatic rings. The molecule has 33 heavy (non-hydrogen) atoms. The SMILES string of the molecule is N#CCCCCC(=O)C1CC2CCC(C1)N2C(=O)OCC1c2ccccc2-c2ccccc21. The average Bonchev–Trinajstić information content (AvgIpc) is 3.30. The van der Waals surface area contributed by atoms with Crippen molar-refractivity contribution in [3.8, 4) is 17.2 Å². The molecule has 170 valence electrons. The van der Waals surface area contributed by atoms with Gasteiger partial charge in [-0.1, -0.05) is 48.5 Å². The molecule has 5 heteroatoms. The number of carbonyl (C=O) groups excluding carboxylic acids is 2. The van der Waals surface area contributed by atoms with Gasteiger partial charge in [-0.25, -0.2) is 4.79 Å². The third-order valence-corrected chi connectivity index (χ3v) is 7.70. The summed E-state index contributed by atoms with van der Waals surface area (Å²) in [4.78, 5) is 27.7. The molecule has 2 bridgehead atoms. The van der Waals surface area contributed by atoms with E-state index in [0.717, 1.165) is 38.5 Å². The van der Waals surface area contributed by atoms with Gasteiger partial charge >= 0.3 is 6.09 Å². The largest absolute Gasteiger partial charge is 0.448 e. The smallest absolute Gasteiger partial charge is 0.410 e. The van der Waals surface area contributed by atoms with Gasteiger partial charge in [-0.2, -0.15) is 5.26 Å². The fourth-order valence-electron chi connectivity index (χ4n) is 6.11. The second-order valence-electron chi connectivity index (χ2n) is 9.60. The minimum atomic E-state index is -0.232. The Balaban J connectivity index is 1.21. The van der Waals surface area contributed by atoms with Gasteiger partial charge in [0.25, 0.3) is 0 Å². The van der Waals surface area contributed by atoms with Gasteiger partial charge in [0.05, 0.1) is 6.07 Å². The van der Waals surface area contributed by atoms with E-state index in [0.29, 0.717) is 25.2 Å². The summed E-state index contributed by atoms with van der Waals surface area (Å²) in [5.74, 6) is 0.408. The van der Waals surface area contributed by atoms with Gasteiger partial charge in [-0.3, -0.25) is 4.79 Å². The Bertz CT molecular complexity index is 1030. The quantitative estimate of drug-likeness (QED) is 0.506. The van der Waals surface area contributed by atoms with Crippen molar-refractivity contribution in [1.29, 1.82) is 5.26 Å². The number of benzene rings is 2. The zero-order chi connectivity index (χ0) is 22.8. The third-order valence-electron chi connectivity index (χ3n) is 7.70. The Kier molecular flexibility index (Phi) is 6.17. The fraction of sp³-hybridized carbons (Fsp3) is 0.464. The number of amides is 1. The van der Waals surface area contributed by atoms with Crippen LogP contribution in [0.4, 0.5) is 4.79 Å². The highest BCUT2D eigenvalue weighted by atomic mass is 16.6. The van der Waals surface area contributed by atoms with E-state index in [2.05, 4.69) is 42.5 Å². The molecular formula is C28H30N2O3. The Hall–Kier alpha value is -3.13. The van der Waals surface area contributed by atoms with E-state index in [4.69, 9.17) is 10.00 Å². The van der Waals surface area contributed by atoms with Gasteiger partial charge in [0, 0.05) is 36.8 Å². The first-order chi connectivity index (χ1) is 16.2. The van der Waals surface area contributed by atoms with Crippen LogP contribution < -0.4 is 0 Å². The van der Waals surface area contributed by atoms with Gasteiger partial charge in [0.1, 0.15) is 12.4 Å². The average molecular weight is 443 g/mol. The summed E-state index contributed by atoms with van der Waals surface area (Å²) >= 11 is 0. The van der Waals surface area contributed by atoms with E-state index in [1.165, 1.54) is 22.3 Å². The highest BCUT2D eigenvalue weighted by Gasteiger charge is 2.45. The maximum atomic E-state index is 13.1. The Labute approximate surface area is 195 Å². The van der Waals surface area contributed by atoms with Crippen molar-refractivity contribution in [3.05, 3.63) is 59.7 Å². The second-order valence-corrected chi connectivity index (χ2v) is 9.60. The van der Waals surface area contributed by atoms with Crippen LogP contribution in [0.3, 0.4) is 0 Å². The highest BCUT2D eigenvalue weighted by Crippen LogP contribution is 2.45. The standard InChI is InChI=1S/C28H30N2O3/c29-15-7-1-2-12-27(31)19-16-20-13-14-21(17-19)30(20)28(32)33-18-26-24-10-5-3-8-22(24)23-9-4-6-11-25(23)26/h3-6,8-11,19-21,26H,1-2,7,12-14,16-18H2. The topological polar surface area (TPSA) is 70.4 Å². The van der Waals surface area contributed by atoms with Gasteiger partial charge < -0.3 is 9.64 Å². The summed E-state index contributed by atoms with van der Waals surface area (Å²) < 4.78 is 5.92. The van der Waals surface area contributed by atoms with Gasteiger partial charge in [0.2, 0.25) is 0 Å². The van der Waals surface area contributed by atoms with Crippen LogP contribution in [0.25, 0.3) is 11.1 Å². The lowest BCUT2D eigenvalue weighted by molar-refractivity contribution is -0.125. The summed E-state index contributed by atoms with van der Waals surface area (Å²) in [6, 6.07) is 19.1. The molecule has 5 nitrogen and oxygen atoms in total. The van der Waals surface area contributed by atoms with Crippen molar-refractivity contribution in [1.82, 2.24) is 4.90 Å². The lowest BCUT2D eigenvalue weighted by Crippen LogP contribution is -2.48. The fourth-order valence-corrected chi connectivity index (χ4v) is 6.11. The molecule has 1 aliphatic carbocycles. The zero-order valence-electron chi connectivity index (χ0n) is 18.9. The number of piperidine rings is 1. The van der Waals surface area contributed by atoms with E-state index in [1.54, 1.807) is 0 Å². The minimum Gasteiger partial charge on any atom is -0.448 e. The molecule has 0 saturated carbocycles. The first-order valence-electron chi connectivity index (χ1n) is 12.2. The summed E-state index contributed by atoms with van der Waals surface area (Å²) in [7, 11) is 0. The molecule has 0 spiro atoms. The normalized spacial score (nSPS) is 23.0. The van der Waals surface area contributed by atoms with E-state index >= 15 is 0 Å². The number of ether oxygens (including phenoxy) is 1. The van der Waals surface area contributed by atoms with Crippen molar-refractivity contribution in [2.75, 3.05) is 6.61 Å². The highest BCUT2D eigenvalue weighted by molar-refractivity contribution is 5.82. The van der Waals surface area contributed by atoms with Crippen LogP contribution in [0.15, 0.2) is 48.5 Å². The Morgan fingerprint density at radius 3 is 2.15 bits per heavy atom. The number of hydrogen-bond donors (Lipinski definition) is 0. The number of unbranched alkanes of at least 4 members (excludes halogenated alkanes) is 2. The summed E-state index contributed by atoms with van der Waals surface area (Å²) in [5, 5.41) is 8.66. The number of rotatable bonds is 7. The Morgan fingerprint density at radius 2 is 1.55 bits per heavy atom. The summed E-state index contributed by atoms with van der Waals surface area (Å²) in [5.41, 5.74) is 4.89. The molecule has 0 radical (unpaired) electrons. The van der Waals surface area contributed by atoms with E-state index in [1.807, 2.05) is 17.0 Å². The molecule has 2 aromatic carbocycles. The maximum absolute atomic E-state index is 13.1. The predicted octanol–water partition coefficient (Wildman–Crippen LogP) is 5.83. The third kappa shape index (κ3) is 4.15. The van der Waals surface area contributed by atoms with Crippen LogP contribution in [0, 0.1) is 17.2 Å². The molecule has 2 heterocycles. The van der Waals surface area contributed by atoms with Crippen molar-refractivity contribution in [2.24, 2.45) is 5.92 Å². The van der Waals surface area contributed by atoms with Gasteiger partial charge in [0.15, 0.2) is 0 Å². The second kappa shape index (κ2) is 9.39. The Morgan fingerprint density at radius 1 is 0.939 bits per heavy atom. The number of hydrogen-bond acceptors (Lipinski definition) is 4. The predicted molar refractivity (Wildman–Crippen MR) is 126 cm³/mol. The first kappa shape index (κ1) is 21.7. The summed E-state index contributed by atoms with van der Waals surface area (Å²) in [6.45, 7) is 0.337. The van der Waals surface area contributed by atoms with E-state index in [-0.39, 0.29) is 30.0 Å². The zero-order valence-corrected chi connectivity index (χ0v) is 18.9. The lowest BCUT2D eigenvalue weighted by atomic mass is 9.85.